The first kappa shape index (κ1) is 13.1. The maximum absolute atomic E-state index is 12.8. The summed E-state index contributed by atoms with van der Waals surface area (Å²) in [6.45, 7) is 3.97. The molecule has 2 atom stereocenters. The molecule has 0 radical (unpaired) electrons. The van der Waals surface area contributed by atoms with Crippen LogP contribution in [0, 0.1) is 5.82 Å². The number of halogens is 1. The second kappa shape index (κ2) is 5.97. The van der Waals surface area contributed by atoms with Gasteiger partial charge >= 0.3 is 0 Å². The van der Waals surface area contributed by atoms with Gasteiger partial charge in [0.2, 0.25) is 0 Å². The first-order valence-corrected chi connectivity index (χ1v) is 5.75. The quantitative estimate of drug-likeness (QED) is 0.806. The molecule has 0 aliphatic rings. The van der Waals surface area contributed by atoms with Crippen LogP contribution in [-0.2, 0) is 0 Å². The summed E-state index contributed by atoms with van der Waals surface area (Å²) in [7, 11) is 0. The van der Waals surface area contributed by atoms with E-state index < -0.39 is 0 Å². The van der Waals surface area contributed by atoms with Crippen LogP contribution in [0.4, 0.5) is 4.39 Å². The van der Waals surface area contributed by atoms with E-state index in [0.717, 1.165) is 18.4 Å². The molecule has 3 heteroatoms. The van der Waals surface area contributed by atoms with E-state index in [1.807, 2.05) is 26.0 Å². The molecule has 0 bridgehead atoms. The van der Waals surface area contributed by atoms with E-state index in [0.29, 0.717) is 5.92 Å². The number of hydrogen-bond acceptors (Lipinski definition) is 2. The van der Waals surface area contributed by atoms with Gasteiger partial charge in [-0.3, -0.25) is 0 Å². The van der Waals surface area contributed by atoms with Crippen LogP contribution in [0.3, 0.4) is 0 Å². The Labute approximate surface area is 96.8 Å². The molecule has 2 unspecified atom stereocenters. The number of hydrogen-bond donors (Lipinski definition) is 2. The van der Waals surface area contributed by atoms with Crippen LogP contribution >= 0.6 is 0 Å². The molecule has 0 aliphatic carbocycles. The van der Waals surface area contributed by atoms with Crippen molar-refractivity contribution in [1.29, 1.82) is 0 Å². The Morgan fingerprint density at radius 2 is 1.44 bits per heavy atom. The maximum Gasteiger partial charge on any atom is 0.123 e. The summed E-state index contributed by atoms with van der Waals surface area (Å²) in [5.74, 6) is 0.115. The van der Waals surface area contributed by atoms with Gasteiger partial charge in [-0.2, -0.15) is 0 Å². The monoisotopic (exact) mass is 224 g/mol. The zero-order valence-electron chi connectivity index (χ0n) is 9.99. The Kier molecular flexibility index (Phi) is 4.90. The van der Waals surface area contributed by atoms with Crippen LogP contribution < -0.4 is 11.5 Å². The molecule has 1 aromatic carbocycles. The fourth-order valence-corrected chi connectivity index (χ4v) is 2.00. The molecule has 0 amide bonds. The van der Waals surface area contributed by atoms with Crippen molar-refractivity contribution in [3.63, 3.8) is 0 Å². The SMILES string of the molecule is CC(N)CC(CC(C)N)c1ccc(F)cc1. The van der Waals surface area contributed by atoms with Crippen molar-refractivity contribution in [3.8, 4) is 0 Å². The van der Waals surface area contributed by atoms with Gasteiger partial charge in [0.15, 0.2) is 0 Å². The van der Waals surface area contributed by atoms with Crippen LogP contribution in [-0.4, -0.2) is 12.1 Å². The van der Waals surface area contributed by atoms with Gasteiger partial charge in [0.25, 0.3) is 0 Å². The zero-order chi connectivity index (χ0) is 12.1. The molecule has 2 nitrogen and oxygen atoms in total. The summed E-state index contributed by atoms with van der Waals surface area (Å²) in [5, 5.41) is 0. The third-order valence-electron chi connectivity index (χ3n) is 2.65. The first-order valence-electron chi connectivity index (χ1n) is 5.75. The van der Waals surface area contributed by atoms with Crippen LogP contribution in [0.25, 0.3) is 0 Å². The summed E-state index contributed by atoms with van der Waals surface area (Å²) in [6.07, 6.45) is 1.76. The highest BCUT2D eigenvalue weighted by atomic mass is 19.1. The standard InChI is InChI=1S/C13H21FN2/c1-9(15)7-12(8-10(2)16)11-3-5-13(14)6-4-11/h3-6,9-10,12H,7-8,15-16H2,1-2H3. The van der Waals surface area contributed by atoms with Gasteiger partial charge < -0.3 is 11.5 Å². The second-order valence-corrected chi connectivity index (χ2v) is 4.67. The minimum absolute atomic E-state index is 0.133. The lowest BCUT2D eigenvalue weighted by Gasteiger charge is -2.21. The Hall–Kier alpha value is -0.930. The molecular weight excluding hydrogens is 203 g/mol. The predicted octanol–water partition coefficient (Wildman–Crippen LogP) is 2.38. The smallest absolute Gasteiger partial charge is 0.123 e. The van der Waals surface area contributed by atoms with Crippen LogP contribution in [0.2, 0.25) is 0 Å². The van der Waals surface area contributed by atoms with Crippen molar-refractivity contribution in [2.75, 3.05) is 0 Å². The Balaban J connectivity index is 2.78. The van der Waals surface area contributed by atoms with E-state index in [1.165, 1.54) is 12.1 Å². The van der Waals surface area contributed by atoms with E-state index in [9.17, 15) is 4.39 Å². The lowest BCUT2D eigenvalue weighted by Crippen LogP contribution is -2.24. The lowest BCUT2D eigenvalue weighted by molar-refractivity contribution is 0.485. The highest BCUT2D eigenvalue weighted by Crippen LogP contribution is 2.25. The van der Waals surface area contributed by atoms with E-state index >= 15 is 0 Å². The Morgan fingerprint density at radius 3 is 1.81 bits per heavy atom. The van der Waals surface area contributed by atoms with Gasteiger partial charge in [-0.05, 0) is 50.3 Å². The molecule has 0 spiro atoms. The summed E-state index contributed by atoms with van der Waals surface area (Å²) >= 11 is 0. The van der Waals surface area contributed by atoms with Crippen molar-refractivity contribution < 1.29 is 4.39 Å². The minimum Gasteiger partial charge on any atom is -0.328 e. The Bertz CT molecular complexity index is 296. The largest absolute Gasteiger partial charge is 0.328 e. The molecule has 0 heterocycles. The first-order chi connectivity index (χ1) is 7.49. The molecule has 0 saturated heterocycles. The van der Waals surface area contributed by atoms with Gasteiger partial charge in [0.1, 0.15) is 5.82 Å². The van der Waals surface area contributed by atoms with E-state index in [1.54, 1.807) is 0 Å². The Morgan fingerprint density at radius 1 is 1.00 bits per heavy atom. The molecule has 0 saturated carbocycles. The van der Waals surface area contributed by atoms with E-state index in [-0.39, 0.29) is 17.9 Å². The minimum atomic E-state index is -0.205. The fourth-order valence-electron chi connectivity index (χ4n) is 2.00. The maximum atomic E-state index is 12.8. The van der Waals surface area contributed by atoms with Crippen molar-refractivity contribution in [2.45, 2.75) is 44.7 Å². The molecule has 0 aliphatic heterocycles. The van der Waals surface area contributed by atoms with Crippen LogP contribution in [0.1, 0.15) is 38.2 Å². The normalized spacial score (nSPS) is 16.8. The summed E-state index contributed by atoms with van der Waals surface area (Å²) in [4.78, 5) is 0. The fraction of sp³-hybridized carbons (Fsp3) is 0.538. The zero-order valence-corrected chi connectivity index (χ0v) is 9.99. The van der Waals surface area contributed by atoms with Gasteiger partial charge in [0, 0.05) is 12.1 Å². The van der Waals surface area contributed by atoms with Gasteiger partial charge in [-0.1, -0.05) is 12.1 Å². The number of rotatable bonds is 5. The lowest BCUT2D eigenvalue weighted by atomic mass is 9.88. The second-order valence-electron chi connectivity index (χ2n) is 4.67. The number of benzene rings is 1. The number of nitrogens with two attached hydrogens (primary N) is 2. The van der Waals surface area contributed by atoms with Crippen molar-refractivity contribution in [3.05, 3.63) is 35.6 Å². The molecule has 90 valence electrons. The highest BCUT2D eigenvalue weighted by Gasteiger charge is 2.15. The van der Waals surface area contributed by atoms with Crippen LogP contribution in [0.5, 0.6) is 0 Å². The molecule has 16 heavy (non-hydrogen) atoms. The van der Waals surface area contributed by atoms with Gasteiger partial charge in [-0.25, -0.2) is 4.39 Å². The van der Waals surface area contributed by atoms with Gasteiger partial charge in [0.05, 0.1) is 0 Å². The van der Waals surface area contributed by atoms with Crippen LogP contribution in [0.15, 0.2) is 24.3 Å². The molecule has 0 aromatic heterocycles. The molecule has 0 fully saturated rings. The summed E-state index contributed by atoms with van der Waals surface area (Å²) in [5.41, 5.74) is 12.8. The summed E-state index contributed by atoms with van der Waals surface area (Å²) < 4.78 is 12.8. The average Bonchev–Trinajstić information content (AvgIpc) is 2.16. The third-order valence-corrected chi connectivity index (χ3v) is 2.65. The van der Waals surface area contributed by atoms with E-state index in [4.69, 9.17) is 11.5 Å². The summed E-state index contributed by atoms with van der Waals surface area (Å²) in [6, 6.07) is 6.90. The topological polar surface area (TPSA) is 52.0 Å². The molecule has 4 N–H and O–H groups in total. The average molecular weight is 224 g/mol. The van der Waals surface area contributed by atoms with Crippen molar-refractivity contribution in [1.82, 2.24) is 0 Å². The van der Waals surface area contributed by atoms with Crippen molar-refractivity contribution in [2.24, 2.45) is 11.5 Å². The van der Waals surface area contributed by atoms with E-state index in [2.05, 4.69) is 0 Å². The van der Waals surface area contributed by atoms with Gasteiger partial charge in [-0.15, -0.1) is 0 Å². The highest BCUT2D eigenvalue weighted by molar-refractivity contribution is 5.20. The predicted molar refractivity (Wildman–Crippen MR) is 65.7 cm³/mol. The third kappa shape index (κ3) is 4.29. The molecule has 1 rings (SSSR count). The molecule has 1 aromatic rings. The molecular formula is C13H21FN2. The van der Waals surface area contributed by atoms with Crippen molar-refractivity contribution >= 4 is 0 Å².